The molecule has 14 nitrogen and oxygen atoms in total. The predicted octanol–water partition coefficient (Wildman–Crippen LogP) is -19.7. The molecule has 0 aromatic heterocycles. The van der Waals surface area contributed by atoms with Crippen LogP contribution in [0.2, 0.25) is 0 Å². The van der Waals surface area contributed by atoms with Crippen LogP contribution in [0.4, 0.5) is 0 Å². The number of hydrogen-bond acceptors (Lipinski definition) is 14. The molecule has 0 heterocycles. The van der Waals surface area contributed by atoms with E-state index in [4.69, 9.17) is 0 Å². The van der Waals surface area contributed by atoms with Gasteiger partial charge in [-0.1, -0.05) is 30.4 Å². The SMILES string of the molecule is O=P([O-])([O-])CN(CCN(CP(=O)([O-])[O-])CP(=O)([O-])[O-])CP(=O)([O-])[O-].[Ca+2].[Ca+2].[Na+].[Na+].[Na+].[Na+]. The molecule has 0 radical (unpaired) electrons. The zero-order chi connectivity index (χ0) is 19.4. The second-order valence-electron chi connectivity index (χ2n) is 4.80. The van der Waals surface area contributed by atoms with Gasteiger partial charge in [0.15, 0.2) is 0 Å². The van der Waals surface area contributed by atoms with E-state index in [1.54, 1.807) is 0 Å². The van der Waals surface area contributed by atoms with Gasteiger partial charge in [-0.25, -0.2) is 0 Å². The van der Waals surface area contributed by atoms with Crippen LogP contribution in [0, 0.1) is 0 Å². The molecule has 0 atom stereocenters. The molecular formula is C6H12Ca2N2Na4O12P4. The summed E-state index contributed by atoms with van der Waals surface area (Å²) in [5.41, 5.74) is 0. The smallest absolute Gasteiger partial charge is 0.810 e. The molecule has 0 fully saturated rings. The normalized spacial score (nSPS) is 11.7. The minimum Gasteiger partial charge on any atom is -0.810 e. The Balaban J connectivity index is -0.000000176. The molecule has 0 bridgehead atoms. The van der Waals surface area contributed by atoms with Crippen LogP contribution in [0.5, 0.6) is 0 Å². The molecule has 0 aliphatic carbocycles. The average molecular weight is 600 g/mol. The largest absolute Gasteiger partial charge is 2.00 e. The predicted molar refractivity (Wildman–Crippen MR) is 74.8 cm³/mol. The van der Waals surface area contributed by atoms with Gasteiger partial charge in [0.2, 0.25) is 0 Å². The molecule has 146 valence electrons. The second-order valence-corrected chi connectivity index (χ2v) is 10.8. The third-order valence-electron chi connectivity index (χ3n) is 2.23. The topological polar surface area (TPSA) is 259 Å². The van der Waals surface area contributed by atoms with Gasteiger partial charge in [-0.15, -0.1) is 0 Å². The number of rotatable bonds is 11. The van der Waals surface area contributed by atoms with Gasteiger partial charge in [-0.2, -0.15) is 0 Å². The molecule has 0 unspecified atom stereocenters. The molecule has 0 amide bonds. The van der Waals surface area contributed by atoms with Crippen LogP contribution in [0.1, 0.15) is 0 Å². The summed E-state index contributed by atoms with van der Waals surface area (Å²) in [5, 5.41) is 0. The van der Waals surface area contributed by atoms with E-state index >= 15 is 0 Å². The monoisotopic (exact) mass is 600 g/mol. The Labute approximate surface area is 322 Å². The van der Waals surface area contributed by atoms with Crippen molar-refractivity contribution in [3.05, 3.63) is 0 Å². The molecule has 0 rings (SSSR count). The molecule has 24 heteroatoms. The Morgan fingerprint density at radius 2 is 0.567 bits per heavy atom. The summed E-state index contributed by atoms with van der Waals surface area (Å²) in [4.78, 5) is 85.9. The van der Waals surface area contributed by atoms with Gasteiger partial charge in [-0.3, -0.25) is 9.80 Å². The van der Waals surface area contributed by atoms with Crippen LogP contribution in [0.3, 0.4) is 0 Å². The Hall–Kier alpha value is 7.04. The van der Waals surface area contributed by atoms with E-state index in [-0.39, 0.29) is 194 Å². The maximum absolute atomic E-state index is 10.7. The van der Waals surface area contributed by atoms with Gasteiger partial charge in [0.1, 0.15) is 0 Å². The van der Waals surface area contributed by atoms with Gasteiger partial charge in [0, 0.05) is 38.2 Å². The molecule has 0 saturated carbocycles. The van der Waals surface area contributed by atoms with Crippen LogP contribution < -0.4 is 157 Å². The molecule has 0 spiro atoms. The van der Waals surface area contributed by atoms with Crippen molar-refractivity contribution < 1.29 is 176 Å². The zero-order valence-corrected chi connectivity index (χ0v) is 33.2. The van der Waals surface area contributed by atoms with E-state index in [0.717, 1.165) is 0 Å². The van der Waals surface area contributed by atoms with E-state index in [0.29, 0.717) is 9.80 Å². The van der Waals surface area contributed by atoms with Gasteiger partial charge in [0.05, 0.1) is 0 Å². The second kappa shape index (κ2) is 23.9. The Kier molecular flexibility index (Phi) is 42.4. The molecule has 0 aromatic rings. The Morgan fingerprint density at radius 3 is 0.667 bits per heavy atom. The van der Waals surface area contributed by atoms with Gasteiger partial charge in [-0.05, 0) is 0 Å². The van der Waals surface area contributed by atoms with Crippen molar-refractivity contribution in [3.63, 3.8) is 0 Å². The minimum atomic E-state index is -5.30. The van der Waals surface area contributed by atoms with Crippen molar-refractivity contribution in [1.82, 2.24) is 9.80 Å². The van der Waals surface area contributed by atoms with Crippen molar-refractivity contribution in [2.24, 2.45) is 0 Å². The summed E-state index contributed by atoms with van der Waals surface area (Å²) in [7, 11) is -21.2. The first-order valence-electron chi connectivity index (χ1n) is 5.85. The van der Waals surface area contributed by atoms with Crippen LogP contribution >= 0.6 is 30.4 Å². The summed E-state index contributed by atoms with van der Waals surface area (Å²) in [6.07, 6.45) is -5.63. The van der Waals surface area contributed by atoms with E-state index in [1.165, 1.54) is 0 Å². The van der Waals surface area contributed by atoms with Crippen LogP contribution in [0.15, 0.2) is 0 Å². The van der Waals surface area contributed by atoms with Crippen LogP contribution in [-0.4, -0.2) is 124 Å². The quantitative estimate of drug-likeness (QED) is 0.158. The standard InChI is InChI=1S/C6H20N2O12P4.2Ca.4Na/c9-21(10,11)3-7(4-22(12,13)14)1-2-8(5-23(15,16)17)6-24(18,19)20;;;;;;/h1-6H2,(H2,9,10,11)(H2,12,13,14)(H2,15,16,17)(H2,18,19,20);;;;;;/q;2*+2;4*+1/p-8. The average Bonchev–Trinajstić information content (AvgIpc) is 2.16. The minimum absolute atomic E-state index is 0. The molecule has 0 aliphatic rings. The summed E-state index contributed by atoms with van der Waals surface area (Å²) in [6, 6.07) is 0. The molecule has 30 heavy (non-hydrogen) atoms. The summed E-state index contributed by atoms with van der Waals surface area (Å²) >= 11 is 0. The van der Waals surface area contributed by atoms with Crippen molar-refractivity contribution in [2.75, 3.05) is 38.2 Å². The maximum Gasteiger partial charge on any atom is 2.00 e. The van der Waals surface area contributed by atoms with Crippen molar-refractivity contribution in [1.29, 1.82) is 0 Å². The fourth-order valence-electron chi connectivity index (χ4n) is 1.63. The van der Waals surface area contributed by atoms with E-state index in [1.807, 2.05) is 0 Å². The zero-order valence-electron chi connectivity index (χ0n) is 17.2. The van der Waals surface area contributed by atoms with Gasteiger partial charge < -0.3 is 57.4 Å². The van der Waals surface area contributed by atoms with E-state index in [2.05, 4.69) is 0 Å². The fourth-order valence-corrected chi connectivity index (χ4v) is 4.88. The first-order valence-corrected chi connectivity index (χ1v) is 12.8. The first kappa shape index (κ1) is 53.3. The Bertz CT molecular complexity index is 514. The van der Waals surface area contributed by atoms with Crippen LogP contribution in [0.25, 0.3) is 0 Å². The molecule has 0 saturated heterocycles. The third-order valence-corrected chi connectivity index (χ3v) is 5.21. The van der Waals surface area contributed by atoms with Crippen molar-refractivity contribution in [2.45, 2.75) is 0 Å². The van der Waals surface area contributed by atoms with Gasteiger partial charge in [0.25, 0.3) is 0 Å². The van der Waals surface area contributed by atoms with E-state index in [9.17, 15) is 57.4 Å². The Morgan fingerprint density at radius 1 is 0.433 bits per heavy atom. The fraction of sp³-hybridized carbons (Fsp3) is 1.00. The van der Waals surface area contributed by atoms with Crippen molar-refractivity contribution >= 4 is 106 Å². The maximum atomic E-state index is 10.7. The number of nitrogens with zero attached hydrogens (tertiary/aromatic N) is 2. The molecule has 0 aliphatic heterocycles. The van der Waals surface area contributed by atoms with E-state index < -0.39 is 68.6 Å². The molecule has 0 aromatic carbocycles. The summed E-state index contributed by atoms with van der Waals surface area (Å²) in [6.45, 7) is -1.55. The van der Waals surface area contributed by atoms with Gasteiger partial charge >= 0.3 is 194 Å². The van der Waals surface area contributed by atoms with Crippen molar-refractivity contribution in [3.8, 4) is 0 Å². The first-order chi connectivity index (χ1) is 10.4. The third kappa shape index (κ3) is 39.6. The summed E-state index contributed by atoms with van der Waals surface area (Å²) in [5.74, 6) is 0. The van der Waals surface area contributed by atoms with Crippen LogP contribution in [-0.2, 0) is 18.3 Å². The molecular weight excluding hydrogens is 588 g/mol. The summed E-state index contributed by atoms with van der Waals surface area (Å²) < 4.78 is 42.7. The number of hydrogen-bond donors (Lipinski definition) is 0. The molecule has 0 N–H and O–H groups in total.